The molecule has 1 fully saturated rings. The minimum Gasteiger partial charge on any atom is -0.853 e. The Kier molecular flexibility index (Phi) is 11.4. The van der Waals surface area contributed by atoms with Crippen LogP contribution in [0, 0.1) is 12.5 Å². The van der Waals surface area contributed by atoms with Gasteiger partial charge in [-0.25, -0.2) is 0 Å². The molecule has 1 amide bonds. The van der Waals surface area contributed by atoms with Crippen molar-refractivity contribution in [2.24, 2.45) is 5.92 Å². The molecule has 5 nitrogen and oxygen atoms in total. The van der Waals surface area contributed by atoms with Gasteiger partial charge in [-0.1, -0.05) is 13.0 Å². The van der Waals surface area contributed by atoms with E-state index in [-0.39, 0.29) is 70.9 Å². The predicted molar refractivity (Wildman–Crippen MR) is 44.6 cm³/mol. The first kappa shape index (κ1) is 19.7. The molecule has 0 aromatic carbocycles. The number of carbonyl (C=O) groups excluding carboxylic acids is 1. The van der Waals surface area contributed by atoms with Crippen molar-refractivity contribution < 1.29 is 78.9 Å². The Balaban J connectivity index is 0. The monoisotopic (exact) mass is 246 g/mol. The number of ether oxygens (including phenoxy) is 1. The third-order valence-electron chi connectivity index (χ3n) is 2.39. The molecule has 16 heavy (non-hydrogen) atoms. The summed E-state index contributed by atoms with van der Waals surface area (Å²) in [6.07, 6.45) is -1.57. The Hall–Kier alpha value is 1.35. The van der Waals surface area contributed by atoms with Crippen molar-refractivity contribution in [2.75, 3.05) is 6.61 Å². The Labute approximate surface area is 140 Å². The van der Waals surface area contributed by atoms with E-state index in [2.05, 4.69) is 5.32 Å². The van der Waals surface area contributed by atoms with Gasteiger partial charge < -0.3 is 20.3 Å². The fourth-order valence-electron chi connectivity index (χ4n) is 1.47. The van der Waals surface area contributed by atoms with Crippen molar-refractivity contribution in [1.82, 2.24) is 5.32 Å². The summed E-state index contributed by atoms with van der Waals surface area (Å²) < 4.78 is 5.07. The molecule has 0 aromatic heterocycles. The molecule has 1 saturated heterocycles. The maximum Gasteiger partial charge on any atom is 1.00 e. The van der Waals surface area contributed by atoms with Gasteiger partial charge in [0.05, 0.1) is 0 Å². The zero-order valence-electron chi connectivity index (χ0n) is 10.2. The summed E-state index contributed by atoms with van der Waals surface area (Å²) in [6, 6.07) is -0.634. The van der Waals surface area contributed by atoms with Gasteiger partial charge in [-0.05, 0) is 5.92 Å². The fraction of sp³-hybridized carbons (Fsp3) is 0.778. The van der Waals surface area contributed by atoms with E-state index >= 15 is 0 Å². The second kappa shape index (κ2) is 9.30. The molecule has 7 heteroatoms. The van der Waals surface area contributed by atoms with E-state index in [0.29, 0.717) is 0 Å². The minimum atomic E-state index is -1.01. The maximum absolute atomic E-state index is 11.6. The van der Waals surface area contributed by atoms with Crippen LogP contribution in [0.2, 0.25) is 0 Å². The van der Waals surface area contributed by atoms with E-state index in [1.165, 1.54) is 13.5 Å². The van der Waals surface area contributed by atoms with Crippen LogP contribution in [0.3, 0.4) is 0 Å². The van der Waals surface area contributed by atoms with Crippen LogP contribution in [0.4, 0.5) is 0 Å². The molecule has 1 rings (SSSR count). The molecule has 81 valence electrons. The van der Waals surface area contributed by atoms with Gasteiger partial charge in [-0.3, -0.25) is 4.79 Å². The van der Waals surface area contributed by atoms with Gasteiger partial charge >= 0.3 is 59.1 Å². The quantitative estimate of drug-likeness (QED) is 0.490. The van der Waals surface area contributed by atoms with Gasteiger partial charge in [-0.15, -0.1) is 6.61 Å². The molecule has 0 bridgehead atoms. The van der Waals surface area contributed by atoms with Crippen LogP contribution in [0.5, 0.6) is 0 Å². The molecule has 0 aliphatic carbocycles. The number of rotatable bonds is 2. The van der Waals surface area contributed by atoms with Crippen molar-refractivity contribution in [3.8, 4) is 0 Å². The van der Waals surface area contributed by atoms with Crippen molar-refractivity contribution in [3.63, 3.8) is 0 Å². The summed E-state index contributed by atoms with van der Waals surface area (Å²) in [4.78, 5) is 10.7. The molecule has 0 saturated carbocycles. The van der Waals surface area contributed by atoms with Crippen molar-refractivity contribution >= 4 is 5.91 Å². The fourth-order valence-corrected chi connectivity index (χ4v) is 1.47. The van der Waals surface area contributed by atoms with E-state index in [9.17, 15) is 15.0 Å². The molecule has 1 aliphatic heterocycles. The van der Waals surface area contributed by atoms with Crippen LogP contribution in [-0.2, 0) is 9.53 Å². The van der Waals surface area contributed by atoms with Crippen molar-refractivity contribution in [1.29, 1.82) is 0 Å². The molecule has 1 aliphatic rings. The average molecular weight is 246 g/mol. The Morgan fingerprint density at radius 1 is 1.50 bits per heavy atom. The van der Waals surface area contributed by atoms with E-state index < -0.39 is 24.9 Å². The summed E-state index contributed by atoms with van der Waals surface area (Å²) in [6.45, 7) is 3.85. The van der Waals surface area contributed by atoms with Crippen LogP contribution in [0.25, 0.3) is 0 Å². The molecule has 0 spiro atoms. The largest absolute Gasteiger partial charge is 1.00 e. The summed E-state index contributed by atoms with van der Waals surface area (Å²) in [5.74, 6) is -0.655. The van der Waals surface area contributed by atoms with E-state index in [1.807, 2.05) is 0 Å². The number of amides is 1. The molecular formula is C9H14NNa2O4. The smallest absolute Gasteiger partial charge is 0.853 e. The van der Waals surface area contributed by atoms with Gasteiger partial charge in [0.15, 0.2) is 0 Å². The molecular weight excluding hydrogens is 232 g/mol. The molecule has 1 heterocycles. The van der Waals surface area contributed by atoms with Gasteiger partial charge in [0, 0.05) is 19.1 Å². The Morgan fingerprint density at radius 2 is 2.06 bits per heavy atom. The third-order valence-corrected chi connectivity index (χ3v) is 2.39. The third kappa shape index (κ3) is 5.33. The second-order valence-corrected chi connectivity index (χ2v) is 3.53. The first-order valence-electron chi connectivity index (χ1n) is 4.56. The van der Waals surface area contributed by atoms with Gasteiger partial charge in [0.2, 0.25) is 5.91 Å². The average Bonchev–Trinajstić information content (AvgIpc) is 2.13. The van der Waals surface area contributed by atoms with E-state index in [4.69, 9.17) is 4.74 Å². The zero-order valence-corrected chi connectivity index (χ0v) is 14.2. The van der Waals surface area contributed by atoms with Crippen LogP contribution in [-0.4, -0.2) is 30.8 Å². The van der Waals surface area contributed by atoms with Crippen LogP contribution < -0.4 is 74.6 Å². The number of hydrogen-bond donors (Lipinski definition) is 1. The number of carbonyl (C=O) groups is 1. The minimum absolute atomic E-state index is 0. The van der Waals surface area contributed by atoms with Crippen LogP contribution >= 0.6 is 0 Å². The Bertz CT molecular complexity index is 218. The van der Waals surface area contributed by atoms with E-state index in [1.54, 1.807) is 6.92 Å². The number of hydrogen-bond acceptors (Lipinski definition) is 4. The second-order valence-electron chi connectivity index (χ2n) is 3.53. The summed E-state index contributed by atoms with van der Waals surface area (Å²) in [5.41, 5.74) is 0. The number of nitrogens with one attached hydrogen (secondary N) is 1. The predicted octanol–water partition coefficient (Wildman–Crippen LogP) is -8.22. The SMILES string of the molecule is CC(=O)NC1[CH]OC(C[O-])[C@@H](C)[C@H]1[O-].[Na+].[Na+]. The van der Waals surface area contributed by atoms with E-state index in [0.717, 1.165) is 0 Å². The molecule has 1 radical (unpaired) electrons. The summed E-state index contributed by atoms with van der Waals surface area (Å²) >= 11 is 0. The normalized spacial score (nSPS) is 33.2. The van der Waals surface area contributed by atoms with Gasteiger partial charge in [0.25, 0.3) is 0 Å². The zero-order chi connectivity index (χ0) is 10.7. The molecule has 2 unspecified atom stereocenters. The van der Waals surface area contributed by atoms with Gasteiger partial charge in [-0.2, -0.15) is 0 Å². The van der Waals surface area contributed by atoms with Crippen molar-refractivity contribution in [3.05, 3.63) is 6.61 Å². The standard InChI is InChI=1S/C9H14NO4.2Na/c1-5-8(3-11)14-4-7(9(5)13)10-6(2)12;;/h4-5,7-9H,3H2,1-2H3,(H,10,12);;/q-2;2*+1/t5-,7?,8?,9-;;/m1../s1. The molecule has 0 aromatic rings. The summed E-state index contributed by atoms with van der Waals surface area (Å²) in [7, 11) is 0. The summed E-state index contributed by atoms with van der Waals surface area (Å²) in [5, 5.41) is 24.7. The van der Waals surface area contributed by atoms with Crippen molar-refractivity contribution in [2.45, 2.75) is 32.1 Å². The molecule has 4 atom stereocenters. The Morgan fingerprint density at radius 3 is 2.50 bits per heavy atom. The van der Waals surface area contributed by atoms with Gasteiger partial charge in [0.1, 0.15) is 6.61 Å². The van der Waals surface area contributed by atoms with Crippen LogP contribution in [0.1, 0.15) is 13.8 Å². The first-order valence-corrected chi connectivity index (χ1v) is 4.56. The molecule has 1 N–H and O–H groups in total. The first-order chi connectivity index (χ1) is 6.56. The topological polar surface area (TPSA) is 84.5 Å². The maximum atomic E-state index is 11.6. The van der Waals surface area contributed by atoms with Crippen LogP contribution in [0.15, 0.2) is 0 Å².